The van der Waals surface area contributed by atoms with Gasteiger partial charge in [0.2, 0.25) is 0 Å². The molecule has 4 nitrogen and oxygen atoms in total. The molecule has 0 spiro atoms. The summed E-state index contributed by atoms with van der Waals surface area (Å²) in [4.78, 5) is 3.97. The predicted octanol–water partition coefficient (Wildman–Crippen LogP) is 3.00. The van der Waals surface area contributed by atoms with Crippen LogP contribution in [-0.2, 0) is 6.18 Å². The topological polar surface area (TPSA) is 56.2 Å². The molecular weight excluding hydrogens is 269 g/mol. The van der Waals surface area contributed by atoms with Crippen molar-refractivity contribution in [2.75, 3.05) is 5.73 Å². The summed E-state index contributed by atoms with van der Waals surface area (Å²) in [5.74, 6) is 0. The number of halogens is 3. The molecule has 7 heteroatoms. The van der Waals surface area contributed by atoms with Crippen molar-refractivity contribution < 1.29 is 13.2 Å². The Kier molecular flexibility index (Phi) is 2.63. The highest BCUT2D eigenvalue weighted by atomic mass is 19.4. The second kappa shape index (κ2) is 4.22. The molecule has 0 aliphatic heterocycles. The second-order valence-electron chi connectivity index (χ2n) is 4.22. The minimum Gasteiger partial charge on any atom is -0.396 e. The molecule has 2 aromatic heterocycles. The van der Waals surface area contributed by atoms with E-state index in [1.54, 1.807) is 24.3 Å². The van der Waals surface area contributed by atoms with E-state index < -0.39 is 17.6 Å². The van der Waals surface area contributed by atoms with Gasteiger partial charge in [-0.3, -0.25) is 0 Å². The van der Waals surface area contributed by atoms with Crippen LogP contribution >= 0.6 is 0 Å². The molecule has 0 unspecified atom stereocenters. The van der Waals surface area contributed by atoms with Gasteiger partial charge in [-0.1, -0.05) is 30.3 Å². The quantitative estimate of drug-likeness (QED) is 0.744. The molecule has 0 fully saturated rings. The summed E-state index contributed by atoms with van der Waals surface area (Å²) in [6.07, 6.45) is -2.23. The third-order valence-electron chi connectivity index (χ3n) is 2.91. The molecule has 3 aromatic rings. The molecule has 0 aliphatic carbocycles. The Labute approximate surface area is 111 Å². The number of nitrogens with two attached hydrogens (primary N) is 1. The Morgan fingerprint density at radius 3 is 2.40 bits per heavy atom. The van der Waals surface area contributed by atoms with Crippen LogP contribution in [0.3, 0.4) is 0 Å². The van der Waals surface area contributed by atoms with Crippen molar-refractivity contribution in [2.24, 2.45) is 0 Å². The van der Waals surface area contributed by atoms with Crippen molar-refractivity contribution in [3.05, 3.63) is 48.4 Å². The lowest BCUT2D eigenvalue weighted by Gasteiger charge is -2.11. The maximum atomic E-state index is 13.0. The number of alkyl halides is 3. The lowest BCUT2D eigenvalue weighted by Crippen LogP contribution is -2.16. The fraction of sp³-hybridized carbons (Fsp3) is 0.0769. The number of anilines is 1. The zero-order valence-corrected chi connectivity index (χ0v) is 10.1. The summed E-state index contributed by atoms with van der Waals surface area (Å²) < 4.78 is 39.8. The highest BCUT2D eigenvalue weighted by Gasteiger charge is 2.37. The zero-order valence-electron chi connectivity index (χ0n) is 10.1. The molecule has 0 aliphatic rings. The normalized spacial score (nSPS) is 11.9. The van der Waals surface area contributed by atoms with E-state index in [2.05, 4.69) is 10.1 Å². The smallest absolute Gasteiger partial charge is 0.396 e. The number of aromatic nitrogens is 3. The molecule has 3 rings (SSSR count). The van der Waals surface area contributed by atoms with Gasteiger partial charge in [0.05, 0.1) is 18.1 Å². The summed E-state index contributed by atoms with van der Waals surface area (Å²) in [6, 6.07) is 8.97. The zero-order chi connectivity index (χ0) is 14.3. The molecule has 0 amide bonds. The molecule has 0 bridgehead atoms. The number of hydrogen-bond donors (Lipinski definition) is 1. The molecule has 1 aromatic carbocycles. The first-order valence-corrected chi connectivity index (χ1v) is 5.73. The van der Waals surface area contributed by atoms with Crippen LogP contribution in [0.1, 0.15) is 5.69 Å². The standard InChI is InChI=1S/C13H9F3N4/c14-13(15,16)11-10(17)7-18-12-9(6-19-20(11)12)8-4-2-1-3-5-8/h1-7H,17H2. The summed E-state index contributed by atoms with van der Waals surface area (Å²) in [7, 11) is 0. The van der Waals surface area contributed by atoms with E-state index in [1.807, 2.05) is 6.07 Å². The van der Waals surface area contributed by atoms with Gasteiger partial charge in [0.25, 0.3) is 0 Å². The number of rotatable bonds is 1. The van der Waals surface area contributed by atoms with Crippen LogP contribution < -0.4 is 5.73 Å². The van der Waals surface area contributed by atoms with Gasteiger partial charge in [-0.05, 0) is 5.56 Å². The van der Waals surface area contributed by atoms with Gasteiger partial charge >= 0.3 is 6.18 Å². The maximum absolute atomic E-state index is 13.0. The fourth-order valence-electron chi connectivity index (χ4n) is 2.05. The average molecular weight is 278 g/mol. The van der Waals surface area contributed by atoms with Gasteiger partial charge in [-0.25, -0.2) is 9.50 Å². The van der Waals surface area contributed by atoms with Gasteiger partial charge in [0, 0.05) is 5.56 Å². The third kappa shape index (κ3) is 1.87. The lowest BCUT2D eigenvalue weighted by molar-refractivity contribution is -0.141. The van der Waals surface area contributed by atoms with Crippen molar-refractivity contribution in [1.82, 2.24) is 14.6 Å². The van der Waals surface area contributed by atoms with Crippen LogP contribution in [0.4, 0.5) is 18.9 Å². The van der Waals surface area contributed by atoms with Crippen LogP contribution in [0.25, 0.3) is 16.8 Å². The minimum atomic E-state index is -4.59. The lowest BCUT2D eigenvalue weighted by atomic mass is 10.1. The Morgan fingerprint density at radius 1 is 1.05 bits per heavy atom. The summed E-state index contributed by atoms with van der Waals surface area (Å²) in [6.45, 7) is 0. The van der Waals surface area contributed by atoms with E-state index in [0.717, 1.165) is 16.3 Å². The summed E-state index contributed by atoms with van der Waals surface area (Å²) in [5, 5.41) is 3.78. The maximum Gasteiger partial charge on any atom is 0.435 e. The Hall–Kier alpha value is -2.57. The van der Waals surface area contributed by atoms with E-state index in [9.17, 15) is 13.2 Å². The number of benzene rings is 1. The number of hydrogen-bond acceptors (Lipinski definition) is 3. The van der Waals surface area contributed by atoms with Gasteiger partial charge in [-0.2, -0.15) is 18.3 Å². The van der Waals surface area contributed by atoms with Crippen molar-refractivity contribution in [3.63, 3.8) is 0 Å². The minimum absolute atomic E-state index is 0.123. The third-order valence-corrected chi connectivity index (χ3v) is 2.91. The Bertz CT molecular complexity index is 762. The predicted molar refractivity (Wildman–Crippen MR) is 67.8 cm³/mol. The van der Waals surface area contributed by atoms with Crippen LogP contribution in [-0.4, -0.2) is 14.6 Å². The van der Waals surface area contributed by atoms with Crippen molar-refractivity contribution in [1.29, 1.82) is 0 Å². The highest BCUT2D eigenvalue weighted by molar-refractivity contribution is 5.77. The molecule has 0 radical (unpaired) electrons. The van der Waals surface area contributed by atoms with Crippen LogP contribution in [0.15, 0.2) is 42.7 Å². The van der Waals surface area contributed by atoms with E-state index in [-0.39, 0.29) is 5.65 Å². The van der Waals surface area contributed by atoms with E-state index >= 15 is 0 Å². The van der Waals surface area contributed by atoms with E-state index in [1.165, 1.54) is 6.20 Å². The van der Waals surface area contributed by atoms with Crippen LogP contribution in [0.2, 0.25) is 0 Å². The fourth-order valence-corrected chi connectivity index (χ4v) is 2.05. The molecule has 0 saturated heterocycles. The van der Waals surface area contributed by atoms with Crippen LogP contribution in [0, 0.1) is 0 Å². The first kappa shape index (κ1) is 12.5. The van der Waals surface area contributed by atoms with Gasteiger partial charge in [-0.15, -0.1) is 0 Å². The molecule has 2 heterocycles. The SMILES string of the molecule is Nc1cnc2c(-c3ccccc3)cnn2c1C(F)(F)F. The van der Waals surface area contributed by atoms with Crippen molar-refractivity contribution in [2.45, 2.75) is 6.18 Å². The van der Waals surface area contributed by atoms with E-state index in [0.29, 0.717) is 5.56 Å². The van der Waals surface area contributed by atoms with Crippen molar-refractivity contribution >= 4 is 11.3 Å². The molecule has 0 atom stereocenters. The van der Waals surface area contributed by atoms with E-state index in [4.69, 9.17) is 5.73 Å². The molecule has 0 saturated carbocycles. The molecule has 20 heavy (non-hydrogen) atoms. The Balaban J connectivity index is 2.31. The van der Waals surface area contributed by atoms with Crippen molar-refractivity contribution in [3.8, 4) is 11.1 Å². The number of fused-ring (bicyclic) bond motifs is 1. The molecular formula is C13H9F3N4. The first-order chi connectivity index (χ1) is 9.48. The number of nitrogens with zero attached hydrogens (tertiary/aromatic N) is 3. The van der Waals surface area contributed by atoms with Crippen LogP contribution in [0.5, 0.6) is 0 Å². The van der Waals surface area contributed by atoms with Gasteiger partial charge in [0.15, 0.2) is 11.3 Å². The average Bonchev–Trinajstić information content (AvgIpc) is 2.81. The second-order valence-corrected chi connectivity index (χ2v) is 4.22. The van der Waals surface area contributed by atoms with Gasteiger partial charge in [0.1, 0.15) is 0 Å². The monoisotopic (exact) mass is 278 g/mol. The number of nitrogen functional groups attached to an aromatic ring is 1. The van der Waals surface area contributed by atoms with Gasteiger partial charge < -0.3 is 5.73 Å². The first-order valence-electron chi connectivity index (χ1n) is 5.73. The molecule has 2 N–H and O–H groups in total. The summed E-state index contributed by atoms with van der Waals surface area (Å²) >= 11 is 0. The molecule has 102 valence electrons. The largest absolute Gasteiger partial charge is 0.435 e. The highest BCUT2D eigenvalue weighted by Crippen LogP contribution is 2.34. The Morgan fingerprint density at radius 2 is 1.75 bits per heavy atom. The summed E-state index contributed by atoms with van der Waals surface area (Å²) in [5.41, 5.74) is 5.31.